The smallest absolute Gasteiger partial charge is 0.221 e. The molecule has 0 saturated heterocycles. The third-order valence-corrected chi connectivity index (χ3v) is 7.82. The van der Waals surface area contributed by atoms with Gasteiger partial charge in [0.05, 0.1) is 0 Å². The van der Waals surface area contributed by atoms with Crippen LogP contribution < -0.4 is 11.1 Å². The molecule has 1 aromatic carbocycles. The van der Waals surface area contributed by atoms with Crippen molar-refractivity contribution in [2.75, 3.05) is 6.54 Å². The molecule has 5 N–H and O–H groups in total. The molecule has 6 heteroatoms. The van der Waals surface area contributed by atoms with Gasteiger partial charge in [0.2, 0.25) is 5.91 Å². The van der Waals surface area contributed by atoms with Crippen LogP contribution in [0.5, 0.6) is 11.5 Å². The fourth-order valence-corrected chi connectivity index (χ4v) is 6.48. The molecule has 0 aromatic heterocycles. The summed E-state index contributed by atoms with van der Waals surface area (Å²) in [5, 5.41) is 23.0. The summed E-state index contributed by atoms with van der Waals surface area (Å²) in [4.78, 5) is 26.1. The maximum absolute atomic E-state index is 13.8. The lowest BCUT2D eigenvalue weighted by molar-refractivity contribution is -0.127. The first-order chi connectivity index (χ1) is 14.0. The number of amides is 1. The van der Waals surface area contributed by atoms with Gasteiger partial charge in [0, 0.05) is 36.6 Å². The van der Waals surface area contributed by atoms with Crippen LogP contribution in [-0.2, 0) is 4.79 Å². The van der Waals surface area contributed by atoms with E-state index in [1.807, 2.05) is 6.92 Å². The number of phenols is 2. The molecule has 2 fully saturated rings. The molecule has 1 amide bonds. The minimum Gasteiger partial charge on any atom is -0.508 e. The van der Waals surface area contributed by atoms with E-state index in [2.05, 4.69) is 26.1 Å². The van der Waals surface area contributed by atoms with Crippen molar-refractivity contribution in [2.24, 2.45) is 34.3 Å². The lowest BCUT2D eigenvalue weighted by Gasteiger charge is -2.60. The van der Waals surface area contributed by atoms with Gasteiger partial charge in [-0.1, -0.05) is 34.1 Å². The van der Waals surface area contributed by atoms with Crippen LogP contribution >= 0.6 is 0 Å². The summed E-state index contributed by atoms with van der Waals surface area (Å²) in [6, 6.07) is 3.97. The number of nitrogens with one attached hydrogen (secondary N) is 1. The Labute approximate surface area is 179 Å². The molecule has 2 aliphatic carbocycles. The molecule has 5 atom stereocenters. The van der Waals surface area contributed by atoms with Crippen LogP contribution in [0.1, 0.15) is 70.2 Å². The van der Waals surface area contributed by atoms with Crippen molar-refractivity contribution in [1.29, 1.82) is 0 Å². The van der Waals surface area contributed by atoms with Gasteiger partial charge in [-0.05, 0) is 54.1 Å². The largest absolute Gasteiger partial charge is 0.508 e. The number of benzene rings is 1. The number of carbonyl (C=O) groups is 2. The number of fused-ring (bicyclic) bond motifs is 1. The van der Waals surface area contributed by atoms with Gasteiger partial charge in [0.15, 0.2) is 5.78 Å². The maximum Gasteiger partial charge on any atom is 0.221 e. The van der Waals surface area contributed by atoms with Crippen LogP contribution in [0, 0.1) is 28.6 Å². The zero-order chi connectivity index (χ0) is 22.3. The quantitative estimate of drug-likeness (QED) is 0.548. The highest BCUT2D eigenvalue weighted by Gasteiger charge is 2.58. The minimum absolute atomic E-state index is 0.0590. The molecular weight excluding hydrogens is 380 g/mol. The van der Waals surface area contributed by atoms with E-state index in [1.165, 1.54) is 18.2 Å². The Kier molecular flexibility index (Phi) is 6.19. The number of rotatable bonds is 5. The molecule has 166 valence electrons. The predicted molar refractivity (Wildman–Crippen MR) is 116 cm³/mol. The highest BCUT2D eigenvalue weighted by Crippen LogP contribution is 2.61. The van der Waals surface area contributed by atoms with E-state index in [1.54, 1.807) is 0 Å². The van der Waals surface area contributed by atoms with E-state index in [9.17, 15) is 19.8 Å². The van der Waals surface area contributed by atoms with Gasteiger partial charge >= 0.3 is 0 Å². The number of aromatic hydroxyl groups is 2. The Morgan fingerprint density at radius 3 is 2.37 bits per heavy atom. The maximum atomic E-state index is 13.8. The van der Waals surface area contributed by atoms with Crippen LogP contribution in [0.25, 0.3) is 0 Å². The average Bonchev–Trinajstić information content (AvgIpc) is 2.62. The number of phenolic OH excluding ortho intramolecular Hbond substituents is 2. The van der Waals surface area contributed by atoms with Gasteiger partial charge in [0.25, 0.3) is 0 Å². The molecule has 3 rings (SSSR count). The molecular formula is C24H36N2O4. The summed E-state index contributed by atoms with van der Waals surface area (Å²) in [7, 11) is 0. The number of Topliss-reactive ketones (excluding diaryl/α,β-unsaturated/α-hetero) is 1. The van der Waals surface area contributed by atoms with Crippen molar-refractivity contribution in [3.63, 3.8) is 0 Å². The SMILES string of the molecule is CC1C(NC(=O)CCN)CC2C(C)(C)CCCC2(C)C1C(=O)c1cc(O)cc(O)c1. The zero-order valence-electron chi connectivity index (χ0n) is 18.6. The van der Waals surface area contributed by atoms with Crippen molar-refractivity contribution in [2.45, 2.75) is 65.8 Å². The first-order valence-corrected chi connectivity index (χ1v) is 11.1. The van der Waals surface area contributed by atoms with Crippen LogP contribution in [0.3, 0.4) is 0 Å². The van der Waals surface area contributed by atoms with E-state index >= 15 is 0 Å². The van der Waals surface area contributed by atoms with E-state index < -0.39 is 0 Å². The highest BCUT2D eigenvalue weighted by molar-refractivity contribution is 5.99. The standard InChI is InChI=1S/C24H36N2O4/c1-14-18(26-20(29)6-9-25)13-19-23(2,3)7-5-8-24(19,4)21(14)22(30)15-10-16(27)12-17(28)11-15/h10-12,14,18-19,21,27-28H,5-9,13,25H2,1-4H3,(H,26,29). The number of carbonyl (C=O) groups excluding carboxylic acids is 2. The van der Waals surface area contributed by atoms with Gasteiger partial charge in [-0.2, -0.15) is 0 Å². The molecule has 1 aromatic rings. The van der Waals surface area contributed by atoms with Crippen molar-refractivity contribution in [3.05, 3.63) is 23.8 Å². The van der Waals surface area contributed by atoms with Crippen LogP contribution in [-0.4, -0.2) is 34.5 Å². The predicted octanol–water partition coefficient (Wildman–Crippen LogP) is 3.60. The van der Waals surface area contributed by atoms with Crippen LogP contribution in [0.15, 0.2) is 18.2 Å². The molecule has 0 spiro atoms. The summed E-state index contributed by atoms with van der Waals surface area (Å²) in [5.74, 6) is -0.512. The van der Waals surface area contributed by atoms with Crippen molar-refractivity contribution in [3.8, 4) is 11.5 Å². The average molecular weight is 417 g/mol. The van der Waals surface area contributed by atoms with E-state index in [0.29, 0.717) is 12.1 Å². The molecule has 0 heterocycles. The van der Waals surface area contributed by atoms with Gasteiger partial charge in [0.1, 0.15) is 11.5 Å². The third-order valence-electron chi connectivity index (χ3n) is 7.82. The van der Waals surface area contributed by atoms with Crippen LogP contribution in [0.4, 0.5) is 0 Å². The normalized spacial score (nSPS) is 32.8. The topological polar surface area (TPSA) is 113 Å². The Morgan fingerprint density at radius 1 is 1.13 bits per heavy atom. The van der Waals surface area contributed by atoms with Crippen molar-refractivity contribution in [1.82, 2.24) is 5.32 Å². The Balaban J connectivity index is 2.03. The molecule has 5 unspecified atom stereocenters. The van der Waals surface area contributed by atoms with Crippen LogP contribution in [0.2, 0.25) is 0 Å². The Morgan fingerprint density at radius 2 is 1.77 bits per heavy atom. The van der Waals surface area contributed by atoms with E-state index in [4.69, 9.17) is 5.73 Å². The van der Waals surface area contributed by atoms with Gasteiger partial charge < -0.3 is 21.3 Å². The van der Waals surface area contributed by atoms with E-state index in [0.717, 1.165) is 25.7 Å². The summed E-state index contributed by atoms with van der Waals surface area (Å²) in [5.41, 5.74) is 5.72. The number of nitrogens with two attached hydrogens (primary N) is 1. The van der Waals surface area contributed by atoms with Gasteiger partial charge in [-0.3, -0.25) is 9.59 Å². The zero-order valence-corrected chi connectivity index (χ0v) is 18.6. The number of hydrogen-bond acceptors (Lipinski definition) is 5. The molecule has 2 aliphatic rings. The lowest BCUT2D eigenvalue weighted by Crippen LogP contribution is -2.60. The first kappa shape index (κ1) is 22.6. The highest BCUT2D eigenvalue weighted by atomic mass is 16.3. The summed E-state index contributed by atoms with van der Waals surface area (Å²) < 4.78 is 0. The van der Waals surface area contributed by atoms with Crippen molar-refractivity contribution >= 4 is 11.7 Å². The van der Waals surface area contributed by atoms with Gasteiger partial charge in [-0.15, -0.1) is 0 Å². The Hall–Kier alpha value is -2.08. The lowest BCUT2D eigenvalue weighted by atomic mass is 9.45. The van der Waals surface area contributed by atoms with Gasteiger partial charge in [-0.25, -0.2) is 0 Å². The monoisotopic (exact) mass is 416 g/mol. The fourth-order valence-electron chi connectivity index (χ4n) is 6.48. The summed E-state index contributed by atoms with van der Waals surface area (Å²) in [6.07, 6.45) is 4.23. The minimum atomic E-state index is -0.319. The third kappa shape index (κ3) is 4.07. The molecule has 2 saturated carbocycles. The number of hydrogen-bond donors (Lipinski definition) is 4. The summed E-state index contributed by atoms with van der Waals surface area (Å²) in [6.45, 7) is 9.10. The molecule has 30 heavy (non-hydrogen) atoms. The molecule has 0 aliphatic heterocycles. The summed E-state index contributed by atoms with van der Waals surface area (Å²) >= 11 is 0. The number of ketones is 1. The second kappa shape index (κ2) is 8.22. The molecule has 0 radical (unpaired) electrons. The fraction of sp³-hybridized carbons (Fsp3) is 0.667. The molecule has 6 nitrogen and oxygen atoms in total. The Bertz CT molecular complexity index is 801. The molecule has 0 bridgehead atoms. The van der Waals surface area contributed by atoms with Crippen molar-refractivity contribution < 1.29 is 19.8 Å². The second-order valence-electron chi connectivity index (χ2n) is 10.3. The first-order valence-electron chi connectivity index (χ1n) is 11.1. The second-order valence-corrected chi connectivity index (χ2v) is 10.3. The van der Waals surface area contributed by atoms with E-state index in [-0.39, 0.29) is 64.2 Å².